The van der Waals surface area contributed by atoms with Gasteiger partial charge in [0.25, 0.3) is 0 Å². The van der Waals surface area contributed by atoms with Crippen molar-refractivity contribution in [3.8, 4) is 0 Å². The molecule has 0 aliphatic heterocycles. The average Bonchev–Trinajstić information content (AvgIpc) is 2.35. The Labute approximate surface area is 112 Å². The van der Waals surface area contributed by atoms with E-state index in [4.69, 9.17) is 0 Å². The maximum atomic E-state index is 12.9. The highest BCUT2D eigenvalue weighted by Gasteiger charge is 2.30. The normalized spacial score (nSPS) is 11.4. The summed E-state index contributed by atoms with van der Waals surface area (Å²) >= 11 is 0. The molecular formula is C14H10F5N. The van der Waals surface area contributed by atoms with Gasteiger partial charge >= 0.3 is 6.18 Å². The van der Waals surface area contributed by atoms with Gasteiger partial charge in [-0.3, -0.25) is 0 Å². The summed E-state index contributed by atoms with van der Waals surface area (Å²) in [5.74, 6) is -1.51. The Balaban J connectivity index is 2.11. The van der Waals surface area contributed by atoms with E-state index < -0.39 is 23.4 Å². The van der Waals surface area contributed by atoms with Gasteiger partial charge in [-0.1, -0.05) is 12.1 Å². The highest BCUT2D eigenvalue weighted by Crippen LogP contribution is 2.29. The van der Waals surface area contributed by atoms with E-state index in [1.165, 1.54) is 12.1 Å². The first-order valence-electron chi connectivity index (χ1n) is 5.71. The first-order chi connectivity index (χ1) is 9.34. The molecule has 0 saturated carbocycles. The van der Waals surface area contributed by atoms with Crippen LogP contribution < -0.4 is 5.32 Å². The molecule has 0 radical (unpaired) electrons. The van der Waals surface area contributed by atoms with Crippen molar-refractivity contribution in [3.05, 3.63) is 65.2 Å². The summed E-state index contributed by atoms with van der Waals surface area (Å²) in [5.41, 5.74) is -0.230. The third kappa shape index (κ3) is 3.69. The predicted octanol–water partition coefficient (Wildman–Crippen LogP) is 4.60. The van der Waals surface area contributed by atoms with Crippen molar-refractivity contribution in [2.24, 2.45) is 0 Å². The van der Waals surface area contributed by atoms with E-state index in [1.54, 1.807) is 0 Å². The van der Waals surface area contributed by atoms with E-state index in [2.05, 4.69) is 5.32 Å². The lowest BCUT2D eigenvalue weighted by Gasteiger charge is -2.10. The van der Waals surface area contributed by atoms with Gasteiger partial charge in [-0.15, -0.1) is 0 Å². The average molecular weight is 287 g/mol. The van der Waals surface area contributed by atoms with Crippen LogP contribution in [0, 0.1) is 11.6 Å². The molecule has 0 aliphatic carbocycles. The second kappa shape index (κ2) is 5.48. The highest BCUT2D eigenvalue weighted by atomic mass is 19.4. The highest BCUT2D eigenvalue weighted by molar-refractivity contribution is 5.44. The summed E-state index contributed by atoms with van der Waals surface area (Å²) in [6.07, 6.45) is -4.42. The quantitative estimate of drug-likeness (QED) is 0.814. The van der Waals surface area contributed by atoms with Crippen LogP contribution in [0.25, 0.3) is 0 Å². The zero-order valence-electron chi connectivity index (χ0n) is 10.1. The third-order valence-electron chi connectivity index (χ3n) is 2.61. The number of rotatable bonds is 3. The molecular weight excluding hydrogens is 277 g/mol. The fourth-order valence-electron chi connectivity index (χ4n) is 1.72. The number of anilines is 1. The van der Waals surface area contributed by atoms with Gasteiger partial charge < -0.3 is 5.32 Å². The largest absolute Gasteiger partial charge is 0.416 e. The van der Waals surface area contributed by atoms with Crippen LogP contribution >= 0.6 is 0 Å². The van der Waals surface area contributed by atoms with Crippen molar-refractivity contribution < 1.29 is 22.0 Å². The van der Waals surface area contributed by atoms with Crippen molar-refractivity contribution in [1.29, 1.82) is 0 Å². The van der Waals surface area contributed by atoms with Crippen molar-refractivity contribution in [2.75, 3.05) is 5.32 Å². The molecule has 0 bridgehead atoms. The Morgan fingerprint density at radius 3 is 2.15 bits per heavy atom. The molecule has 106 valence electrons. The molecule has 0 fully saturated rings. The van der Waals surface area contributed by atoms with Crippen LogP contribution in [-0.2, 0) is 12.7 Å². The van der Waals surface area contributed by atoms with Gasteiger partial charge in [0, 0.05) is 18.3 Å². The lowest BCUT2D eigenvalue weighted by Crippen LogP contribution is -2.07. The third-order valence-corrected chi connectivity index (χ3v) is 2.61. The SMILES string of the molecule is Fc1cc(F)cc(NCc2cccc(C(F)(F)F)c2)c1. The van der Waals surface area contributed by atoms with Gasteiger partial charge in [-0.05, 0) is 29.8 Å². The maximum absolute atomic E-state index is 12.9. The van der Waals surface area contributed by atoms with Crippen molar-refractivity contribution >= 4 is 5.69 Å². The first-order valence-corrected chi connectivity index (χ1v) is 5.71. The second-order valence-corrected chi connectivity index (χ2v) is 4.21. The molecule has 1 N–H and O–H groups in total. The molecule has 0 unspecified atom stereocenters. The van der Waals surface area contributed by atoms with E-state index in [0.29, 0.717) is 5.56 Å². The molecule has 6 heteroatoms. The fourth-order valence-corrected chi connectivity index (χ4v) is 1.72. The van der Waals surface area contributed by atoms with Crippen molar-refractivity contribution in [3.63, 3.8) is 0 Å². The summed E-state index contributed by atoms with van der Waals surface area (Å²) in [6, 6.07) is 7.58. The topological polar surface area (TPSA) is 12.0 Å². The minimum Gasteiger partial charge on any atom is -0.381 e. The molecule has 2 aromatic rings. The number of nitrogens with one attached hydrogen (secondary N) is 1. The molecule has 0 aromatic heterocycles. The summed E-state index contributed by atoms with van der Waals surface area (Å²) in [7, 11) is 0. The maximum Gasteiger partial charge on any atom is 0.416 e. The standard InChI is InChI=1S/C14H10F5N/c15-11-5-12(16)7-13(6-11)20-8-9-2-1-3-10(4-9)14(17,18)19/h1-7,20H,8H2. The Hall–Kier alpha value is -2.11. The monoisotopic (exact) mass is 287 g/mol. The number of hydrogen-bond donors (Lipinski definition) is 1. The number of halogens is 5. The van der Waals surface area contributed by atoms with Gasteiger partial charge in [-0.25, -0.2) is 8.78 Å². The lowest BCUT2D eigenvalue weighted by atomic mass is 10.1. The Morgan fingerprint density at radius 1 is 0.900 bits per heavy atom. The number of benzene rings is 2. The Kier molecular flexibility index (Phi) is 3.92. The van der Waals surface area contributed by atoms with Crippen LogP contribution in [0.15, 0.2) is 42.5 Å². The summed E-state index contributed by atoms with van der Waals surface area (Å²) < 4.78 is 63.4. The Bertz CT molecular complexity index is 587. The molecule has 20 heavy (non-hydrogen) atoms. The van der Waals surface area contributed by atoms with Crippen LogP contribution in [-0.4, -0.2) is 0 Å². The van der Waals surface area contributed by atoms with E-state index in [-0.39, 0.29) is 12.2 Å². The van der Waals surface area contributed by atoms with Crippen LogP contribution in [0.4, 0.5) is 27.6 Å². The summed E-state index contributed by atoms with van der Waals surface area (Å²) in [4.78, 5) is 0. The zero-order valence-corrected chi connectivity index (χ0v) is 10.1. The lowest BCUT2D eigenvalue weighted by molar-refractivity contribution is -0.137. The molecule has 1 nitrogen and oxygen atoms in total. The van der Waals surface area contributed by atoms with Gasteiger partial charge in [0.15, 0.2) is 0 Å². The second-order valence-electron chi connectivity index (χ2n) is 4.21. The molecule has 0 spiro atoms. The van der Waals surface area contributed by atoms with Crippen LogP contribution in [0.1, 0.15) is 11.1 Å². The van der Waals surface area contributed by atoms with E-state index >= 15 is 0 Å². The van der Waals surface area contributed by atoms with E-state index in [0.717, 1.165) is 30.3 Å². The molecule has 0 amide bonds. The minimum atomic E-state index is -4.42. The summed E-state index contributed by atoms with van der Waals surface area (Å²) in [5, 5.41) is 2.67. The summed E-state index contributed by atoms with van der Waals surface area (Å²) in [6.45, 7) is 0.0345. The van der Waals surface area contributed by atoms with Gasteiger partial charge in [0.05, 0.1) is 5.56 Å². The molecule has 0 aliphatic rings. The van der Waals surface area contributed by atoms with Crippen molar-refractivity contribution in [2.45, 2.75) is 12.7 Å². The molecule has 2 rings (SSSR count). The zero-order chi connectivity index (χ0) is 14.8. The van der Waals surface area contributed by atoms with Crippen LogP contribution in [0.2, 0.25) is 0 Å². The molecule has 0 saturated heterocycles. The number of hydrogen-bond acceptors (Lipinski definition) is 1. The fraction of sp³-hybridized carbons (Fsp3) is 0.143. The van der Waals surface area contributed by atoms with Gasteiger partial charge in [0.1, 0.15) is 11.6 Å². The Morgan fingerprint density at radius 2 is 1.55 bits per heavy atom. The van der Waals surface area contributed by atoms with Gasteiger partial charge in [-0.2, -0.15) is 13.2 Å². The first kappa shape index (κ1) is 14.3. The van der Waals surface area contributed by atoms with E-state index in [9.17, 15) is 22.0 Å². The molecule has 0 heterocycles. The smallest absolute Gasteiger partial charge is 0.381 e. The van der Waals surface area contributed by atoms with Crippen LogP contribution in [0.5, 0.6) is 0 Å². The predicted molar refractivity (Wildman–Crippen MR) is 65.1 cm³/mol. The number of alkyl halides is 3. The van der Waals surface area contributed by atoms with Crippen molar-refractivity contribution in [1.82, 2.24) is 0 Å². The minimum absolute atomic E-state index is 0.0345. The van der Waals surface area contributed by atoms with Crippen LogP contribution in [0.3, 0.4) is 0 Å². The molecule has 0 atom stereocenters. The van der Waals surface area contributed by atoms with Gasteiger partial charge in [0.2, 0.25) is 0 Å². The van der Waals surface area contributed by atoms with E-state index in [1.807, 2.05) is 0 Å². The molecule has 2 aromatic carbocycles.